The van der Waals surface area contributed by atoms with Crippen molar-refractivity contribution in [3.8, 4) is 0 Å². The Bertz CT molecular complexity index is 351. The van der Waals surface area contributed by atoms with Gasteiger partial charge in [0, 0.05) is 10.9 Å². The van der Waals surface area contributed by atoms with Crippen LogP contribution in [0.15, 0.2) is 29.2 Å². The molecule has 1 aromatic carbocycles. The van der Waals surface area contributed by atoms with Crippen LogP contribution in [-0.2, 0) is 4.79 Å². The summed E-state index contributed by atoms with van der Waals surface area (Å²) in [5, 5.41) is 3.44. The van der Waals surface area contributed by atoms with Gasteiger partial charge in [0.05, 0.1) is 5.75 Å². The van der Waals surface area contributed by atoms with Crippen LogP contribution in [0.2, 0.25) is 0 Å². The zero-order valence-electron chi connectivity index (χ0n) is 10.4. The summed E-state index contributed by atoms with van der Waals surface area (Å²) >= 11 is 1.47. The topological polar surface area (TPSA) is 55.1 Å². The molecule has 0 aliphatic heterocycles. The van der Waals surface area contributed by atoms with Crippen LogP contribution < -0.4 is 11.1 Å². The van der Waals surface area contributed by atoms with Crippen molar-refractivity contribution in [2.24, 2.45) is 5.73 Å². The second-order valence-corrected chi connectivity index (χ2v) is 4.89. The smallest absolute Gasteiger partial charge is 0.227 e. The maximum atomic E-state index is 10.7. The number of amides is 1. The highest BCUT2D eigenvalue weighted by atomic mass is 32.2. The Balaban J connectivity index is 2.62. The first-order chi connectivity index (χ1) is 8.17. The molecule has 0 spiro atoms. The molecule has 0 heterocycles. The largest absolute Gasteiger partial charge is 0.369 e. The summed E-state index contributed by atoms with van der Waals surface area (Å²) in [5.74, 6) is 0.0576. The van der Waals surface area contributed by atoms with Crippen molar-refractivity contribution < 1.29 is 4.79 Å². The third kappa shape index (κ3) is 4.79. The number of rotatable bonds is 7. The van der Waals surface area contributed by atoms with E-state index in [0.717, 1.165) is 17.9 Å². The summed E-state index contributed by atoms with van der Waals surface area (Å²) in [4.78, 5) is 11.8. The van der Waals surface area contributed by atoms with E-state index in [1.807, 2.05) is 12.1 Å². The fourth-order valence-electron chi connectivity index (χ4n) is 1.70. The number of nitrogens with one attached hydrogen (secondary N) is 1. The van der Waals surface area contributed by atoms with Gasteiger partial charge in [0.2, 0.25) is 5.91 Å². The fraction of sp³-hybridized carbons (Fsp3) is 0.462. The van der Waals surface area contributed by atoms with E-state index in [2.05, 4.69) is 31.3 Å². The van der Waals surface area contributed by atoms with E-state index >= 15 is 0 Å². The van der Waals surface area contributed by atoms with Crippen LogP contribution in [0.25, 0.3) is 0 Å². The van der Waals surface area contributed by atoms with E-state index in [1.165, 1.54) is 17.3 Å². The van der Waals surface area contributed by atoms with Gasteiger partial charge >= 0.3 is 0 Å². The van der Waals surface area contributed by atoms with Gasteiger partial charge in [-0.15, -0.1) is 11.8 Å². The molecule has 3 nitrogen and oxygen atoms in total. The number of nitrogens with two attached hydrogens (primary N) is 1. The summed E-state index contributed by atoms with van der Waals surface area (Å²) in [6, 6.07) is 8.72. The van der Waals surface area contributed by atoms with Crippen LogP contribution in [0.3, 0.4) is 0 Å². The maximum absolute atomic E-state index is 10.7. The van der Waals surface area contributed by atoms with Crippen molar-refractivity contribution in [2.45, 2.75) is 31.2 Å². The number of benzene rings is 1. The van der Waals surface area contributed by atoms with Crippen molar-refractivity contribution in [1.82, 2.24) is 5.32 Å². The molecule has 3 N–H and O–H groups in total. The molecule has 0 aliphatic carbocycles. The first-order valence-corrected chi connectivity index (χ1v) is 6.90. The monoisotopic (exact) mass is 252 g/mol. The van der Waals surface area contributed by atoms with Crippen LogP contribution in [0.1, 0.15) is 31.9 Å². The molecule has 17 heavy (non-hydrogen) atoms. The van der Waals surface area contributed by atoms with Gasteiger partial charge in [0.15, 0.2) is 0 Å². The molecule has 0 radical (unpaired) electrons. The lowest BCUT2D eigenvalue weighted by Gasteiger charge is -2.16. The van der Waals surface area contributed by atoms with Gasteiger partial charge in [0.25, 0.3) is 0 Å². The lowest BCUT2D eigenvalue weighted by atomic mass is 10.1. The van der Waals surface area contributed by atoms with Gasteiger partial charge in [0.1, 0.15) is 0 Å². The first-order valence-electron chi connectivity index (χ1n) is 5.91. The quantitative estimate of drug-likeness (QED) is 0.732. The molecule has 0 aromatic heterocycles. The number of carbonyl (C=O) groups is 1. The molecule has 1 unspecified atom stereocenters. The lowest BCUT2D eigenvalue weighted by Crippen LogP contribution is -2.19. The summed E-state index contributed by atoms with van der Waals surface area (Å²) in [6.07, 6.45) is 1.07. The van der Waals surface area contributed by atoms with Crippen LogP contribution in [0.5, 0.6) is 0 Å². The van der Waals surface area contributed by atoms with E-state index in [4.69, 9.17) is 5.73 Å². The maximum Gasteiger partial charge on any atom is 0.227 e. The predicted molar refractivity (Wildman–Crippen MR) is 73.1 cm³/mol. The SMILES string of the molecule is CCNC(CC)c1ccc(SCC(N)=O)cc1. The Morgan fingerprint density at radius 2 is 2.00 bits per heavy atom. The molecule has 1 atom stereocenters. The normalized spacial score (nSPS) is 12.4. The van der Waals surface area contributed by atoms with Crippen molar-refractivity contribution in [3.63, 3.8) is 0 Å². The summed E-state index contributed by atoms with van der Waals surface area (Å²) in [5.41, 5.74) is 6.40. The Morgan fingerprint density at radius 3 is 2.47 bits per heavy atom. The highest BCUT2D eigenvalue weighted by Crippen LogP contribution is 2.22. The van der Waals surface area contributed by atoms with Gasteiger partial charge in [-0.2, -0.15) is 0 Å². The first kappa shape index (κ1) is 14.1. The molecule has 94 valence electrons. The van der Waals surface area contributed by atoms with Crippen molar-refractivity contribution in [3.05, 3.63) is 29.8 Å². The molecule has 4 heteroatoms. The number of primary amides is 1. The number of carbonyl (C=O) groups excluding carboxylic acids is 1. The molecule has 0 saturated heterocycles. The number of hydrogen-bond donors (Lipinski definition) is 2. The Labute approximate surface area is 107 Å². The lowest BCUT2D eigenvalue weighted by molar-refractivity contribution is -0.115. The molecule has 0 aliphatic rings. The predicted octanol–water partition coefficient (Wildman–Crippen LogP) is 2.32. The molecule has 1 rings (SSSR count). The minimum absolute atomic E-state index is 0.279. The van der Waals surface area contributed by atoms with E-state index < -0.39 is 0 Å². The zero-order valence-corrected chi connectivity index (χ0v) is 11.2. The fourth-order valence-corrected chi connectivity index (χ4v) is 2.33. The number of hydrogen-bond acceptors (Lipinski definition) is 3. The minimum Gasteiger partial charge on any atom is -0.369 e. The second-order valence-electron chi connectivity index (χ2n) is 3.84. The van der Waals surface area contributed by atoms with Gasteiger partial charge in [-0.3, -0.25) is 4.79 Å². The number of thioether (sulfide) groups is 1. The van der Waals surface area contributed by atoms with E-state index in [-0.39, 0.29) is 5.91 Å². The van der Waals surface area contributed by atoms with Crippen molar-refractivity contribution >= 4 is 17.7 Å². The Kier molecular flexibility index (Phi) is 6.08. The molecular weight excluding hydrogens is 232 g/mol. The van der Waals surface area contributed by atoms with Crippen molar-refractivity contribution in [2.75, 3.05) is 12.3 Å². The third-order valence-corrected chi connectivity index (χ3v) is 3.56. The second kappa shape index (κ2) is 7.35. The van der Waals surface area contributed by atoms with E-state index in [1.54, 1.807) is 0 Å². The Hall–Kier alpha value is -1.00. The molecule has 0 fully saturated rings. The van der Waals surface area contributed by atoms with Crippen LogP contribution in [0, 0.1) is 0 Å². The van der Waals surface area contributed by atoms with Gasteiger partial charge in [-0.25, -0.2) is 0 Å². The summed E-state index contributed by atoms with van der Waals surface area (Å²) < 4.78 is 0. The van der Waals surface area contributed by atoms with Crippen molar-refractivity contribution in [1.29, 1.82) is 0 Å². The molecule has 1 aromatic rings. The third-order valence-electron chi connectivity index (χ3n) is 2.52. The van der Waals surface area contributed by atoms with Gasteiger partial charge in [-0.05, 0) is 30.7 Å². The van der Waals surface area contributed by atoms with E-state index in [9.17, 15) is 4.79 Å². The van der Waals surface area contributed by atoms with Gasteiger partial charge in [-0.1, -0.05) is 26.0 Å². The minimum atomic E-state index is -0.279. The zero-order chi connectivity index (χ0) is 12.7. The van der Waals surface area contributed by atoms with Gasteiger partial charge < -0.3 is 11.1 Å². The van der Waals surface area contributed by atoms with Crippen LogP contribution in [0.4, 0.5) is 0 Å². The standard InChI is InChI=1S/C13H20N2OS/c1-3-12(15-4-2)10-5-7-11(8-6-10)17-9-13(14)16/h5-8,12,15H,3-4,9H2,1-2H3,(H2,14,16). The molecule has 1 amide bonds. The van der Waals surface area contributed by atoms with E-state index in [0.29, 0.717) is 11.8 Å². The van der Waals surface area contributed by atoms with Crippen LogP contribution >= 0.6 is 11.8 Å². The molecule has 0 bridgehead atoms. The highest BCUT2D eigenvalue weighted by molar-refractivity contribution is 8.00. The summed E-state index contributed by atoms with van der Waals surface area (Å²) in [6.45, 7) is 5.25. The average Bonchev–Trinajstić information content (AvgIpc) is 2.34. The summed E-state index contributed by atoms with van der Waals surface area (Å²) in [7, 11) is 0. The molecule has 0 saturated carbocycles. The van der Waals surface area contributed by atoms with Crippen LogP contribution in [-0.4, -0.2) is 18.2 Å². The molecular formula is C13H20N2OS. The average molecular weight is 252 g/mol. The Morgan fingerprint density at radius 1 is 1.35 bits per heavy atom. The highest BCUT2D eigenvalue weighted by Gasteiger charge is 2.07.